The van der Waals surface area contributed by atoms with Crippen LogP contribution in [0.25, 0.3) is 0 Å². The normalized spacial score (nSPS) is 11.6. The van der Waals surface area contributed by atoms with Crippen LogP contribution < -0.4 is 21.1 Å². The summed E-state index contributed by atoms with van der Waals surface area (Å²) in [5.74, 6) is -0.910. The van der Waals surface area contributed by atoms with Gasteiger partial charge in [-0.3, -0.25) is 9.59 Å². The number of alkyl halides is 2. The van der Waals surface area contributed by atoms with Crippen LogP contribution >= 0.6 is 12.4 Å². The monoisotopic (exact) mass is 351 g/mol. The highest BCUT2D eigenvalue weighted by Crippen LogP contribution is 2.17. The number of hydrogen-bond donors (Lipinski definition) is 3. The summed E-state index contributed by atoms with van der Waals surface area (Å²) in [6.45, 7) is 0.468. The molecule has 23 heavy (non-hydrogen) atoms. The molecule has 0 radical (unpaired) electrons. The lowest BCUT2D eigenvalue weighted by Crippen LogP contribution is -2.46. The van der Waals surface area contributed by atoms with E-state index in [4.69, 9.17) is 5.73 Å². The van der Waals surface area contributed by atoms with Crippen molar-refractivity contribution in [2.45, 2.75) is 26.5 Å². The van der Waals surface area contributed by atoms with Gasteiger partial charge in [-0.25, -0.2) is 0 Å². The van der Waals surface area contributed by atoms with Crippen LogP contribution in [-0.4, -0.2) is 31.0 Å². The van der Waals surface area contributed by atoms with E-state index in [9.17, 15) is 18.4 Å². The van der Waals surface area contributed by atoms with E-state index in [-0.39, 0.29) is 30.6 Å². The highest BCUT2D eigenvalue weighted by molar-refractivity contribution is 5.95. The van der Waals surface area contributed by atoms with Gasteiger partial charge < -0.3 is 21.1 Å². The first-order valence-electron chi connectivity index (χ1n) is 6.67. The average Bonchev–Trinajstić information content (AvgIpc) is 2.45. The van der Waals surface area contributed by atoms with Crippen LogP contribution in [0.5, 0.6) is 5.75 Å². The van der Waals surface area contributed by atoms with Crippen LogP contribution in [-0.2, 0) is 9.59 Å². The maximum Gasteiger partial charge on any atom is 0.387 e. The molecular weight excluding hydrogens is 332 g/mol. The van der Waals surface area contributed by atoms with Crippen molar-refractivity contribution in [3.05, 3.63) is 24.3 Å². The Morgan fingerprint density at radius 2 is 1.78 bits per heavy atom. The van der Waals surface area contributed by atoms with Crippen LogP contribution in [0.2, 0.25) is 0 Å². The van der Waals surface area contributed by atoms with Crippen LogP contribution in [0.15, 0.2) is 24.3 Å². The molecule has 0 aliphatic carbocycles. The molecule has 0 bridgehead atoms. The second-order valence-electron chi connectivity index (χ2n) is 4.94. The molecule has 0 aromatic heterocycles. The zero-order valence-corrected chi connectivity index (χ0v) is 13.5. The number of anilines is 1. The molecule has 1 aromatic rings. The number of rotatable bonds is 7. The zero-order valence-electron chi connectivity index (χ0n) is 12.7. The molecule has 0 saturated carbocycles. The molecule has 1 aromatic carbocycles. The molecule has 9 heteroatoms. The first-order chi connectivity index (χ1) is 10.3. The summed E-state index contributed by atoms with van der Waals surface area (Å²) >= 11 is 0. The van der Waals surface area contributed by atoms with Gasteiger partial charge in [-0.1, -0.05) is 13.8 Å². The summed E-state index contributed by atoms with van der Waals surface area (Å²) in [4.78, 5) is 23.2. The lowest BCUT2D eigenvalue weighted by molar-refractivity contribution is -0.125. The van der Waals surface area contributed by atoms with Gasteiger partial charge in [0.1, 0.15) is 5.75 Å². The lowest BCUT2D eigenvalue weighted by Gasteiger charge is -2.15. The summed E-state index contributed by atoms with van der Waals surface area (Å²) in [6.07, 6.45) is 0. The molecule has 0 aliphatic heterocycles. The fraction of sp³-hybridized carbons (Fsp3) is 0.429. The highest BCUT2D eigenvalue weighted by atomic mass is 35.5. The lowest BCUT2D eigenvalue weighted by atomic mass is 10.1. The standard InChI is InChI=1S/C14H19F2N3O3.ClH/c1-8(2)12(17)13(21)18-7-11(20)19-9-3-5-10(6-4-9)22-14(15)16;/h3-6,8,12,14H,7,17H2,1-2H3,(H,18,21)(H,19,20);1H/t12-;/m0./s1. The summed E-state index contributed by atoms with van der Waals surface area (Å²) in [5.41, 5.74) is 6.03. The first-order valence-corrected chi connectivity index (χ1v) is 6.67. The quantitative estimate of drug-likeness (QED) is 0.697. The van der Waals surface area contributed by atoms with Crippen molar-refractivity contribution < 1.29 is 23.1 Å². The number of carbonyl (C=O) groups excluding carboxylic acids is 2. The van der Waals surface area contributed by atoms with E-state index in [0.29, 0.717) is 5.69 Å². The molecule has 4 N–H and O–H groups in total. The van der Waals surface area contributed by atoms with Gasteiger partial charge in [0, 0.05) is 5.69 Å². The first kappa shape index (κ1) is 21.1. The molecule has 1 rings (SSSR count). The maximum absolute atomic E-state index is 12.0. The van der Waals surface area contributed by atoms with Crippen molar-refractivity contribution >= 4 is 29.9 Å². The van der Waals surface area contributed by atoms with Gasteiger partial charge in [0.25, 0.3) is 0 Å². The second kappa shape index (κ2) is 9.96. The maximum atomic E-state index is 12.0. The van der Waals surface area contributed by atoms with Crippen LogP contribution in [0.4, 0.5) is 14.5 Å². The number of halogens is 3. The molecule has 0 fully saturated rings. The van der Waals surface area contributed by atoms with Gasteiger partial charge in [0.05, 0.1) is 12.6 Å². The van der Waals surface area contributed by atoms with Crippen LogP contribution in [0, 0.1) is 5.92 Å². The van der Waals surface area contributed by atoms with Gasteiger partial charge >= 0.3 is 6.61 Å². The predicted octanol–water partition coefficient (Wildman–Crippen LogP) is 1.75. The third kappa shape index (κ3) is 7.75. The third-order valence-corrected chi connectivity index (χ3v) is 2.81. The van der Waals surface area contributed by atoms with Crippen molar-refractivity contribution in [2.24, 2.45) is 11.7 Å². The third-order valence-electron chi connectivity index (χ3n) is 2.81. The minimum Gasteiger partial charge on any atom is -0.435 e. The van der Waals surface area contributed by atoms with Gasteiger partial charge in [-0.05, 0) is 30.2 Å². The number of hydrogen-bond acceptors (Lipinski definition) is 4. The average molecular weight is 352 g/mol. The van der Waals surface area contributed by atoms with E-state index in [1.165, 1.54) is 24.3 Å². The number of carbonyl (C=O) groups is 2. The SMILES string of the molecule is CC(C)[C@H](N)C(=O)NCC(=O)Nc1ccc(OC(F)F)cc1.Cl. The van der Waals surface area contributed by atoms with Crippen molar-refractivity contribution in [3.63, 3.8) is 0 Å². The number of nitrogens with one attached hydrogen (secondary N) is 2. The number of nitrogens with two attached hydrogens (primary N) is 1. The Morgan fingerprint density at radius 3 is 2.26 bits per heavy atom. The zero-order chi connectivity index (χ0) is 16.7. The van der Waals surface area contributed by atoms with Gasteiger partial charge in [-0.2, -0.15) is 8.78 Å². The largest absolute Gasteiger partial charge is 0.435 e. The van der Waals surface area contributed by atoms with Crippen molar-refractivity contribution in [1.29, 1.82) is 0 Å². The molecular formula is C14H20ClF2N3O3. The molecule has 6 nitrogen and oxygen atoms in total. The van der Waals surface area contributed by atoms with E-state index < -0.39 is 24.5 Å². The Labute approximate surface area is 139 Å². The Kier molecular flexibility index (Phi) is 9.12. The van der Waals surface area contributed by atoms with Crippen molar-refractivity contribution in [2.75, 3.05) is 11.9 Å². The molecule has 0 saturated heterocycles. The topological polar surface area (TPSA) is 93.5 Å². The van der Waals surface area contributed by atoms with E-state index in [1.807, 2.05) is 0 Å². The number of benzene rings is 1. The van der Waals surface area contributed by atoms with Crippen molar-refractivity contribution in [1.82, 2.24) is 5.32 Å². The summed E-state index contributed by atoms with van der Waals surface area (Å²) < 4.78 is 28.2. The predicted molar refractivity (Wildman–Crippen MR) is 84.8 cm³/mol. The molecule has 0 unspecified atom stereocenters. The molecule has 0 heterocycles. The Hall–Kier alpha value is -1.93. The summed E-state index contributed by atoms with van der Waals surface area (Å²) in [6, 6.07) is 4.75. The highest BCUT2D eigenvalue weighted by Gasteiger charge is 2.17. The molecule has 2 amide bonds. The Balaban J connectivity index is 0.00000484. The number of ether oxygens (including phenoxy) is 1. The second-order valence-corrected chi connectivity index (χ2v) is 4.94. The molecule has 0 aliphatic rings. The summed E-state index contributed by atoms with van der Waals surface area (Å²) in [5, 5.41) is 4.93. The fourth-order valence-electron chi connectivity index (χ4n) is 1.51. The van der Waals surface area contributed by atoms with E-state index in [0.717, 1.165) is 0 Å². The van der Waals surface area contributed by atoms with Gasteiger partial charge in [0.15, 0.2) is 0 Å². The molecule has 1 atom stereocenters. The Bertz CT molecular complexity index is 512. The van der Waals surface area contributed by atoms with E-state index >= 15 is 0 Å². The molecule has 0 spiro atoms. The van der Waals surface area contributed by atoms with E-state index in [2.05, 4.69) is 15.4 Å². The van der Waals surface area contributed by atoms with Gasteiger partial charge in [0.2, 0.25) is 11.8 Å². The minimum atomic E-state index is -2.90. The summed E-state index contributed by atoms with van der Waals surface area (Å²) in [7, 11) is 0. The minimum absolute atomic E-state index is 0. The number of amides is 2. The smallest absolute Gasteiger partial charge is 0.387 e. The Morgan fingerprint density at radius 1 is 1.22 bits per heavy atom. The molecule has 130 valence electrons. The van der Waals surface area contributed by atoms with Crippen LogP contribution in [0.1, 0.15) is 13.8 Å². The van der Waals surface area contributed by atoms with Gasteiger partial charge in [-0.15, -0.1) is 12.4 Å². The van der Waals surface area contributed by atoms with Crippen molar-refractivity contribution in [3.8, 4) is 5.75 Å². The van der Waals surface area contributed by atoms with Crippen LogP contribution in [0.3, 0.4) is 0 Å². The fourth-order valence-corrected chi connectivity index (χ4v) is 1.51. The van der Waals surface area contributed by atoms with E-state index in [1.54, 1.807) is 13.8 Å².